The van der Waals surface area contributed by atoms with Crippen molar-refractivity contribution >= 4 is 29.5 Å². The van der Waals surface area contributed by atoms with Crippen molar-refractivity contribution in [3.05, 3.63) is 41.6 Å². The minimum atomic E-state index is -1.14. The summed E-state index contributed by atoms with van der Waals surface area (Å²) in [6.45, 7) is 0. The van der Waals surface area contributed by atoms with E-state index in [0.29, 0.717) is 17.1 Å². The lowest BCUT2D eigenvalue weighted by Crippen LogP contribution is -2.70. The van der Waals surface area contributed by atoms with Crippen LogP contribution in [-0.2, 0) is 9.59 Å². The van der Waals surface area contributed by atoms with E-state index in [1.54, 1.807) is 24.3 Å². The molecule has 1 aromatic rings. The van der Waals surface area contributed by atoms with Crippen LogP contribution in [0.15, 0.2) is 36.0 Å². The highest BCUT2D eigenvalue weighted by Gasteiger charge is 2.52. The average molecular weight is 334 g/mol. The number of carboxylic acids is 1. The summed E-state index contributed by atoms with van der Waals surface area (Å²) in [4.78, 5) is 36.8. The number of amides is 2. The number of nitrogens with one attached hydrogen (secondary N) is 1. The Bertz CT molecular complexity index is 718. The van der Waals surface area contributed by atoms with Crippen LogP contribution in [0.3, 0.4) is 0 Å². The topological polar surface area (TPSA) is 95.9 Å². The fourth-order valence-corrected chi connectivity index (χ4v) is 3.72. The Balaban J connectivity index is 1.72. The van der Waals surface area contributed by atoms with E-state index in [9.17, 15) is 14.4 Å². The maximum absolute atomic E-state index is 12.3. The van der Waals surface area contributed by atoms with Gasteiger partial charge in [-0.25, -0.2) is 4.79 Å². The third-order valence-electron chi connectivity index (χ3n) is 3.68. The first-order valence-corrected chi connectivity index (χ1v) is 7.91. The molecule has 0 spiro atoms. The van der Waals surface area contributed by atoms with E-state index in [-0.39, 0.29) is 11.1 Å². The summed E-state index contributed by atoms with van der Waals surface area (Å²) in [5.41, 5.74) is 0.357. The first-order chi connectivity index (χ1) is 11.0. The molecule has 2 atom stereocenters. The van der Waals surface area contributed by atoms with E-state index in [4.69, 9.17) is 9.84 Å². The van der Waals surface area contributed by atoms with Crippen LogP contribution in [0.1, 0.15) is 10.4 Å². The summed E-state index contributed by atoms with van der Waals surface area (Å²) < 4.78 is 5.07. The first-order valence-electron chi connectivity index (χ1n) is 6.86. The minimum absolute atomic E-state index is 0.0226. The van der Waals surface area contributed by atoms with Gasteiger partial charge in [-0.1, -0.05) is 6.07 Å². The molecule has 3 rings (SSSR count). The van der Waals surface area contributed by atoms with Crippen LogP contribution in [0.4, 0.5) is 0 Å². The molecule has 1 aromatic carbocycles. The molecule has 23 heavy (non-hydrogen) atoms. The van der Waals surface area contributed by atoms with Crippen LogP contribution in [0.25, 0.3) is 0 Å². The molecule has 120 valence electrons. The van der Waals surface area contributed by atoms with E-state index in [2.05, 4.69) is 5.32 Å². The Hall–Kier alpha value is -2.48. The second-order valence-electron chi connectivity index (χ2n) is 5.01. The summed E-state index contributed by atoms with van der Waals surface area (Å²) >= 11 is 1.42. The van der Waals surface area contributed by atoms with Gasteiger partial charge in [-0.15, -0.1) is 11.8 Å². The van der Waals surface area contributed by atoms with Crippen molar-refractivity contribution in [1.29, 1.82) is 0 Å². The zero-order chi connectivity index (χ0) is 16.6. The molecule has 7 nitrogen and oxygen atoms in total. The second-order valence-corrected chi connectivity index (χ2v) is 6.16. The molecule has 1 fully saturated rings. The van der Waals surface area contributed by atoms with Gasteiger partial charge in [-0.3, -0.25) is 14.5 Å². The second kappa shape index (κ2) is 5.96. The number of thioether (sulfide) groups is 1. The van der Waals surface area contributed by atoms with Gasteiger partial charge in [0.1, 0.15) is 22.9 Å². The first kappa shape index (κ1) is 15.4. The molecule has 0 bridgehead atoms. The van der Waals surface area contributed by atoms with Gasteiger partial charge in [0.2, 0.25) is 0 Å². The fourth-order valence-electron chi connectivity index (χ4n) is 2.53. The quantitative estimate of drug-likeness (QED) is 0.786. The molecule has 0 saturated carbocycles. The van der Waals surface area contributed by atoms with E-state index in [1.807, 2.05) is 0 Å². The van der Waals surface area contributed by atoms with Crippen molar-refractivity contribution in [3.63, 3.8) is 0 Å². The van der Waals surface area contributed by atoms with E-state index in [1.165, 1.54) is 29.8 Å². The van der Waals surface area contributed by atoms with Crippen LogP contribution in [0, 0.1) is 0 Å². The predicted octanol–water partition coefficient (Wildman–Crippen LogP) is 0.677. The summed E-state index contributed by atoms with van der Waals surface area (Å²) in [7, 11) is 1.50. The normalized spacial score (nSPS) is 22.6. The number of benzene rings is 1. The Morgan fingerprint density at radius 1 is 1.43 bits per heavy atom. The maximum Gasteiger partial charge on any atom is 0.352 e. The van der Waals surface area contributed by atoms with Gasteiger partial charge in [0.25, 0.3) is 11.8 Å². The molecule has 2 aliphatic rings. The van der Waals surface area contributed by atoms with Gasteiger partial charge in [0.15, 0.2) is 0 Å². The van der Waals surface area contributed by atoms with Crippen molar-refractivity contribution in [2.24, 2.45) is 0 Å². The molecule has 8 heteroatoms. The number of β-lactam (4-membered cyclic amide) rings is 1. The molecule has 0 aliphatic carbocycles. The lowest BCUT2D eigenvalue weighted by atomic mass is 10.0. The SMILES string of the molecule is COc1cccc(C(=O)NC2C(=O)N3C(C(=O)O)=CCS[C@@H]23)c1. The van der Waals surface area contributed by atoms with Crippen LogP contribution < -0.4 is 10.1 Å². The van der Waals surface area contributed by atoms with Crippen LogP contribution in [0.5, 0.6) is 5.75 Å². The van der Waals surface area contributed by atoms with Gasteiger partial charge >= 0.3 is 5.97 Å². The number of aliphatic carboxylic acids is 1. The highest BCUT2D eigenvalue weighted by molar-refractivity contribution is 8.00. The maximum atomic E-state index is 12.3. The van der Waals surface area contributed by atoms with Crippen molar-refractivity contribution < 1.29 is 24.2 Å². The smallest absolute Gasteiger partial charge is 0.352 e. The molecule has 2 heterocycles. The molecular weight excluding hydrogens is 320 g/mol. The zero-order valence-electron chi connectivity index (χ0n) is 12.2. The fraction of sp³-hybridized carbons (Fsp3) is 0.267. The van der Waals surface area contributed by atoms with Crippen molar-refractivity contribution in [3.8, 4) is 5.75 Å². The molecule has 2 aliphatic heterocycles. The number of hydrogen-bond donors (Lipinski definition) is 2. The van der Waals surface area contributed by atoms with Crippen LogP contribution >= 0.6 is 11.8 Å². The van der Waals surface area contributed by atoms with Gasteiger partial charge in [-0.2, -0.15) is 0 Å². The van der Waals surface area contributed by atoms with Gasteiger partial charge in [0, 0.05) is 11.3 Å². The predicted molar refractivity (Wildman–Crippen MR) is 83.1 cm³/mol. The number of rotatable bonds is 4. The van der Waals surface area contributed by atoms with E-state index >= 15 is 0 Å². The Kier molecular flexibility index (Phi) is 3.99. The summed E-state index contributed by atoms with van der Waals surface area (Å²) in [6.07, 6.45) is 1.50. The molecule has 1 saturated heterocycles. The number of nitrogens with zero attached hydrogens (tertiary/aromatic N) is 1. The Morgan fingerprint density at radius 2 is 2.22 bits per heavy atom. The van der Waals surface area contributed by atoms with Crippen molar-refractivity contribution in [1.82, 2.24) is 10.2 Å². The molecule has 1 unspecified atom stereocenters. The standard InChI is InChI=1S/C15H14N2O5S/c1-22-9-4-2-3-8(7-9)12(18)16-11-13(19)17-10(15(20)21)5-6-23-14(11)17/h2-5,7,11,14H,6H2,1H3,(H,16,18)(H,20,21)/t11?,14-/m0/s1. The number of carbonyl (C=O) groups excluding carboxylic acids is 2. The van der Waals surface area contributed by atoms with Gasteiger partial charge in [-0.05, 0) is 24.3 Å². The lowest BCUT2D eigenvalue weighted by Gasteiger charge is -2.48. The lowest BCUT2D eigenvalue weighted by molar-refractivity contribution is -0.148. The number of carboxylic acid groups (broad SMARTS) is 1. The number of ether oxygens (including phenoxy) is 1. The number of carbonyl (C=O) groups is 3. The minimum Gasteiger partial charge on any atom is -0.497 e. The number of hydrogen-bond acceptors (Lipinski definition) is 5. The molecule has 0 aromatic heterocycles. The van der Waals surface area contributed by atoms with Crippen molar-refractivity contribution in [2.45, 2.75) is 11.4 Å². The largest absolute Gasteiger partial charge is 0.497 e. The van der Waals surface area contributed by atoms with Crippen molar-refractivity contribution in [2.75, 3.05) is 12.9 Å². The number of fused-ring (bicyclic) bond motifs is 1. The highest BCUT2D eigenvalue weighted by atomic mass is 32.2. The third kappa shape index (κ3) is 2.65. The number of methoxy groups -OCH3 is 1. The molecule has 2 amide bonds. The van der Waals surface area contributed by atoms with Crippen LogP contribution in [0.2, 0.25) is 0 Å². The zero-order valence-corrected chi connectivity index (χ0v) is 13.0. The third-order valence-corrected chi connectivity index (χ3v) is 4.87. The van der Waals surface area contributed by atoms with E-state index in [0.717, 1.165) is 0 Å². The highest BCUT2D eigenvalue weighted by Crippen LogP contribution is 2.37. The Morgan fingerprint density at radius 3 is 2.91 bits per heavy atom. The molecular formula is C15H14N2O5S. The van der Waals surface area contributed by atoms with Gasteiger partial charge in [0.05, 0.1) is 7.11 Å². The van der Waals surface area contributed by atoms with Crippen LogP contribution in [-0.4, -0.2) is 52.1 Å². The summed E-state index contributed by atoms with van der Waals surface area (Å²) in [6, 6.07) is 5.88. The summed E-state index contributed by atoms with van der Waals surface area (Å²) in [5, 5.41) is 11.4. The average Bonchev–Trinajstić information content (AvgIpc) is 2.58. The van der Waals surface area contributed by atoms with Gasteiger partial charge < -0.3 is 15.2 Å². The molecule has 2 N–H and O–H groups in total. The van der Waals surface area contributed by atoms with E-state index < -0.39 is 23.8 Å². The summed E-state index contributed by atoms with van der Waals surface area (Å²) in [5.74, 6) is -0.911. The molecule has 0 radical (unpaired) electrons. The monoisotopic (exact) mass is 334 g/mol. The Labute approximate surface area is 136 Å².